The predicted octanol–water partition coefficient (Wildman–Crippen LogP) is 4.09. The summed E-state index contributed by atoms with van der Waals surface area (Å²) in [7, 11) is 0. The summed E-state index contributed by atoms with van der Waals surface area (Å²) < 4.78 is 4.88. The van der Waals surface area contributed by atoms with Crippen molar-refractivity contribution in [2.75, 3.05) is 6.61 Å². The van der Waals surface area contributed by atoms with E-state index in [0.29, 0.717) is 16.8 Å². The third-order valence-corrected chi connectivity index (χ3v) is 4.76. The van der Waals surface area contributed by atoms with Crippen LogP contribution in [0.5, 0.6) is 5.75 Å². The highest BCUT2D eigenvalue weighted by Crippen LogP contribution is 2.39. The number of carbonyl (C=O) groups is 2. The van der Waals surface area contributed by atoms with Crippen LogP contribution < -0.4 is 0 Å². The van der Waals surface area contributed by atoms with Gasteiger partial charge in [0.25, 0.3) is 0 Å². The van der Waals surface area contributed by atoms with Gasteiger partial charge < -0.3 is 19.8 Å². The van der Waals surface area contributed by atoms with Gasteiger partial charge in [0, 0.05) is 28.2 Å². The van der Waals surface area contributed by atoms with Gasteiger partial charge in [-0.15, -0.1) is 0 Å². The number of hydrogen-bond donors (Lipinski definition) is 3. The number of para-hydroxylation sites is 2. The number of ketones is 1. The number of hydrogen-bond acceptors (Lipinski definition) is 4. The number of nitrogens with one attached hydrogen (secondary N) is 2. The Bertz CT molecular complexity index is 1190. The fraction of sp³-hybridized carbons (Fsp3) is 0.182. The molecule has 0 saturated heterocycles. The Hall–Kier alpha value is -3.54. The topological polar surface area (TPSA) is 95.2 Å². The molecule has 6 heteroatoms. The summed E-state index contributed by atoms with van der Waals surface area (Å²) in [5.74, 6) is -0.636. The summed E-state index contributed by atoms with van der Waals surface area (Å²) in [6.45, 7) is 1.95. The van der Waals surface area contributed by atoms with Crippen molar-refractivity contribution in [3.8, 4) is 17.1 Å². The minimum absolute atomic E-state index is 0.0625. The molecule has 142 valence electrons. The van der Waals surface area contributed by atoms with Crippen LogP contribution >= 0.6 is 0 Å². The number of esters is 1. The van der Waals surface area contributed by atoms with E-state index in [9.17, 15) is 14.7 Å². The van der Waals surface area contributed by atoms with Gasteiger partial charge in [0.2, 0.25) is 0 Å². The standard InChI is InChI=1S/C22H20N2O4/c1-2-28-19(26)12-13(25)11-16-14-7-3-5-9-17(14)23-20(16)21-22(27)15-8-4-6-10-18(15)24-21/h3-10,23-24,27H,2,11-12H2,1H3. The molecule has 4 rings (SSSR count). The van der Waals surface area contributed by atoms with E-state index in [1.54, 1.807) is 6.92 Å². The van der Waals surface area contributed by atoms with E-state index in [-0.39, 0.29) is 31.0 Å². The van der Waals surface area contributed by atoms with Crippen molar-refractivity contribution in [3.05, 3.63) is 54.1 Å². The van der Waals surface area contributed by atoms with Crippen molar-refractivity contribution in [1.82, 2.24) is 9.97 Å². The molecular weight excluding hydrogens is 356 g/mol. The molecular formula is C22H20N2O4. The number of benzene rings is 2. The summed E-state index contributed by atoms with van der Waals surface area (Å²) in [6.07, 6.45) is -0.210. The fourth-order valence-electron chi connectivity index (χ4n) is 3.54. The highest BCUT2D eigenvalue weighted by atomic mass is 16.5. The molecule has 0 spiro atoms. The van der Waals surface area contributed by atoms with E-state index in [1.165, 1.54) is 0 Å². The minimum Gasteiger partial charge on any atom is -0.505 e. The predicted molar refractivity (Wildman–Crippen MR) is 107 cm³/mol. The average Bonchev–Trinajstić information content (AvgIpc) is 3.20. The molecule has 0 radical (unpaired) electrons. The van der Waals surface area contributed by atoms with E-state index in [2.05, 4.69) is 9.97 Å². The second-order valence-electron chi connectivity index (χ2n) is 6.62. The third-order valence-electron chi connectivity index (χ3n) is 4.76. The molecule has 2 aromatic carbocycles. The van der Waals surface area contributed by atoms with Crippen molar-refractivity contribution in [2.24, 2.45) is 0 Å². The van der Waals surface area contributed by atoms with E-state index < -0.39 is 5.97 Å². The molecule has 6 nitrogen and oxygen atoms in total. The van der Waals surface area contributed by atoms with Gasteiger partial charge >= 0.3 is 5.97 Å². The Morgan fingerprint density at radius 2 is 1.54 bits per heavy atom. The zero-order valence-corrected chi connectivity index (χ0v) is 15.4. The first-order valence-electron chi connectivity index (χ1n) is 9.15. The van der Waals surface area contributed by atoms with E-state index in [1.807, 2.05) is 48.5 Å². The number of carbonyl (C=O) groups excluding carboxylic acids is 2. The maximum Gasteiger partial charge on any atom is 0.313 e. The maximum absolute atomic E-state index is 12.5. The number of Topliss-reactive ketones (excluding diaryl/α,β-unsaturated/α-hetero) is 1. The Balaban J connectivity index is 1.80. The molecule has 0 fully saturated rings. The fourth-order valence-corrected chi connectivity index (χ4v) is 3.54. The lowest BCUT2D eigenvalue weighted by atomic mass is 10.0. The highest BCUT2D eigenvalue weighted by Gasteiger charge is 2.22. The first-order valence-corrected chi connectivity index (χ1v) is 9.15. The van der Waals surface area contributed by atoms with Crippen molar-refractivity contribution in [1.29, 1.82) is 0 Å². The summed E-state index contributed by atoms with van der Waals surface area (Å²) in [5.41, 5.74) is 3.57. The van der Waals surface area contributed by atoms with Gasteiger partial charge in [0.1, 0.15) is 23.6 Å². The summed E-state index contributed by atoms with van der Waals surface area (Å²) in [6, 6.07) is 15.1. The minimum atomic E-state index is -0.526. The van der Waals surface area contributed by atoms with Crippen LogP contribution in [0.25, 0.3) is 33.2 Å². The number of aromatic nitrogens is 2. The van der Waals surface area contributed by atoms with Crippen molar-refractivity contribution in [3.63, 3.8) is 0 Å². The highest BCUT2D eigenvalue weighted by molar-refractivity contribution is 6.02. The van der Waals surface area contributed by atoms with Crippen LogP contribution in [0.4, 0.5) is 0 Å². The molecule has 0 saturated carbocycles. The number of rotatable bonds is 6. The molecule has 0 atom stereocenters. The molecule has 0 amide bonds. The maximum atomic E-state index is 12.5. The van der Waals surface area contributed by atoms with Crippen molar-refractivity contribution < 1.29 is 19.4 Å². The second kappa shape index (κ2) is 7.23. The van der Waals surface area contributed by atoms with Crippen LogP contribution in [0, 0.1) is 0 Å². The van der Waals surface area contributed by atoms with Crippen molar-refractivity contribution in [2.45, 2.75) is 19.8 Å². The van der Waals surface area contributed by atoms with E-state index in [4.69, 9.17) is 4.74 Å². The monoisotopic (exact) mass is 376 g/mol. The summed E-state index contributed by atoms with van der Waals surface area (Å²) >= 11 is 0. The van der Waals surface area contributed by atoms with Crippen LogP contribution in [0.3, 0.4) is 0 Å². The molecule has 3 N–H and O–H groups in total. The Morgan fingerprint density at radius 3 is 2.21 bits per heavy atom. The molecule has 0 bridgehead atoms. The van der Waals surface area contributed by atoms with Crippen LogP contribution in [-0.2, 0) is 20.7 Å². The molecule has 0 aliphatic heterocycles. The zero-order chi connectivity index (χ0) is 19.7. The van der Waals surface area contributed by atoms with E-state index in [0.717, 1.165) is 22.0 Å². The second-order valence-corrected chi connectivity index (χ2v) is 6.62. The summed E-state index contributed by atoms with van der Waals surface area (Å²) in [5, 5.41) is 12.3. The lowest BCUT2D eigenvalue weighted by Gasteiger charge is -2.05. The Labute approximate surface area is 161 Å². The molecule has 0 aliphatic carbocycles. The van der Waals surface area contributed by atoms with Crippen LogP contribution in [0.2, 0.25) is 0 Å². The van der Waals surface area contributed by atoms with Gasteiger partial charge in [-0.25, -0.2) is 0 Å². The smallest absolute Gasteiger partial charge is 0.313 e. The third kappa shape index (κ3) is 3.13. The largest absolute Gasteiger partial charge is 0.505 e. The van der Waals surface area contributed by atoms with Crippen molar-refractivity contribution >= 4 is 33.6 Å². The molecule has 4 aromatic rings. The SMILES string of the molecule is CCOC(=O)CC(=O)Cc1c(-c2[nH]c3ccccc3c2O)[nH]c2ccccc12. The first kappa shape index (κ1) is 17.9. The van der Waals surface area contributed by atoms with Crippen LogP contribution in [-0.4, -0.2) is 33.4 Å². The van der Waals surface area contributed by atoms with Crippen LogP contribution in [0.15, 0.2) is 48.5 Å². The molecule has 0 unspecified atom stereocenters. The van der Waals surface area contributed by atoms with Gasteiger partial charge in [-0.3, -0.25) is 9.59 Å². The Kier molecular flexibility index (Phi) is 4.61. The number of fused-ring (bicyclic) bond motifs is 2. The van der Waals surface area contributed by atoms with Gasteiger partial charge in [0.15, 0.2) is 0 Å². The number of H-pyrrole nitrogens is 2. The zero-order valence-electron chi connectivity index (χ0n) is 15.4. The molecule has 2 aromatic heterocycles. The Morgan fingerprint density at radius 1 is 0.929 bits per heavy atom. The first-order chi connectivity index (χ1) is 13.6. The van der Waals surface area contributed by atoms with Gasteiger partial charge in [-0.1, -0.05) is 30.3 Å². The molecule has 2 heterocycles. The lowest BCUT2D eigenvalue weighted by molar-refractivity contribution is -0.145. The lowest BCUT2D eigenvalue weighted by Crippen LogP contribution is -2.13. The normalized spacial score (nSPS) is 11.2. The molecule has 28 heavy (non-hydrogen) atoms. The van der Waals surface area contributed by atoms with Gasteiger partial charge in [-0.05, 0) is 30.7 Å². The van der Waals surface area contributed by atoms with Gasteiger partial charge in [-0.2, -0.15) is 0 Å². The average molecular weight is 376 g/mol. The number of ether oxygens (including phenoxy) is 1. The quantitative estimate of drug-likeness (QED) is 0.349. The number of aromatic hydroxyl groups is 1. The summed E-state index contributed by atoms with van der Waals surface area (Å²) in [4.78, 5) is 30.7. The number of aromatic amines is 2. The molecule has 0 aliphatic rings. The van der Waals surface area contributed by atoms with E-state index >= 15 is 0 Å². The van der Waals surface area contributed by atoms with Gasteiger partial charge in [0.05, 0.1) is 12.3 Å². The van der Waals surface area contributed by atoms with Crippen LogP contribution in [0.1, 0.15) is 18.9 Å².